The molecular formula is C22H28FN. The van der Waals surface area contributed by atoms with Gasteiger partial charge in [-0.2, -0.15) is 0 Å². The van der Waals surface area contributed by atoms with Gasteiger partial charge in [-0.25, -0.2) is 4.39 Å². The number of halogens is 1. The minimum Gasteiger partial charge on any atom is -0.398 e. The highest BCUT2D eigenvalue weighted by Crippen LogP contribution is 2.33. The fourth-order valence-electron chi connectivity index (χ4n) is 2.44. The van der Waals surface area contributed by atoms with Crippen molar-refractivity contribution < 1.29 is 4.39 Å². The van der Waals surface area contributed by atoms with Crippen molar-refractivity contribution in [1.82, 2.24) is 0 Å². The molecule has 0 aliphatic rings. The zero-order chi connectivity index (χ0) is 18.1. The first-order valence-electron chi connectivity index (χ1n) is 8.47. The Labute approximate surface area is 145 Å². The van der Waals surface area contributed by atoms with E-state index in [-0.39, 0.29) is 11.7 Å². The van der Waals surface area contributed by atoms with E-state index < -0.39 is 0 Å². The maximum absolute atomic E-state index is 13.1. The minimum atomic E-state index is -0.213. The molecule has 0 aliphatic heterocycles. The van der Waals surface area contributed by atoms with Gasteiger partial charge in [0.15, 0.2) is 0 Å². The first kappa shape index (κ1) is 19.7. The Bertz CT molecular complexity index is 696. The monoisotopic (exact) mass is 325 g/mol. The van der Waals surface area contributed by atoms with Gasteiger partial charge >= 0.3 is 0 Å². The van der Waals surface area contributed by atoms with Gasteiger partial charge in [-0.3, -0.25) is 0 Å². The lowest BCUT2D eigenvalue weighted by molar-refractivity contribution is 0.627. The maximum Gasteiger partial charge on any atom is 0.123 e. The smallest absolute Gasteiger partial charge is 0.123 e. The van der Waals surface area contributed by atoms with E-state index in [0.29, 0.717) is 0 Å². The summed E-state index contributed by atoms with van der Waals surface area (Å²) in [5.74, 6) is -0.0616. The van der Waals surface area contributed by atoms with Gasteiger partial charge in [0.1, 0.15) is 5.82 Å². The van der Waals surface area contributed by atoms with Crippen LogP contribution in [0.25, 0.3) is 5.57 Å². The van der Waals surface area contributed by atoms with Crippen LogP contribution in [0.1, 0.15) is 50.3 Å². The summed E-state index contributed by atoms with van der Waals surface area (Å²) in [6.07, 6.45) is 6.11. The lowest BCUT2D eigenvalue weighted by Crippen LogP contribution is -2.00. The molecule has 0 saturated heterocycles. The Balaban J connectivity index is 0.00000139. The Kier molecular flexibility index (Phi) is 7.97. The molecule has 0 fully saturated rings. The van der Waals surface area contributed by atoms with Crippen molar-refractivity contribution in [2.75, 3.05) is 5.73 Å². The molecule has 128 valence electrons. The molecule has 1 nitrogen and oxygen atoms in total. The highest BCUT2D eigenvalue weighted by Gasteiger charge is 2.14. The Morgan fingerprint density at radius 2 is 1.71 bits per heavy atom. The van der Waals surface area contributed by atoms with Crippen molar-refractivity contribution in [3.05, 3.63) is 83.2 Å². The Morgan fingerprint density at radius 3 is 2.25 bits per heavy atom. The molecule has 0 bridgehead atoms. The van der Waals surface area contributed by atoms with Gasteiger partial charge < -0.3 is 5.73 Å². The third kappa shape index (κ3) is 5.09. The summed E-state index contributed by atoms with van der Waals surface area (Å²) in [7, 11) is 0. The van der Waals surface area contributed by atoms with Crippen molar-refractivity contribution in [2.45, 2.75) is 40.5 Å². The van der Waals surface area contributed by atoms with Gasteiger partial charge in [0.25, 0.3) is 0 Å². The van der Waals surface area contributed by atoms with Gasteiger partial charge in [0, 0.05) is 11.6 Å². The quantitative estimate of drug-likeness (QED) is 0.503. The first-order chi connectivity index (χ1) is 11.5. The molecule has 2 aromatic rings. The van der Waals surface area contributed by atoms with E-state index in [4.69, 9.17) is 5.73 Å². The lowest BCUT2D eigenvalue weighted by atomic mass is 9.87. The van der Waals surface area contributed by atoms with E-state index in [1.165, 1.54) is 12.1 Å². The van der Waals surface area contributed by atoms with Crippen LogP contribution < -0.4 is 5.73 Å². The van der Waals surface area contributed by atoms with Gasteiger partial charge in [0.2, 0.25) is 0 Å². The van der Waals surface area contributed by atoms with Crippen LogP contribution in [-0.4, -0.2) is 0 Å². The number of anilines is 1. The standard InChI is InChI=1S/C20H22FN.C2H6/c1-4-5-6-19(17-8-7-14(2)20(22)13-17)15(3)16-9-11-18(21)12-10-16;1-2/h4-13,15H,22H2,1-3H3;1-2H3/b5-4-,19-6+;. The van der Waals surface area contributed by atoms with E-state index in [1.54, 1.807) is 0 Å². The average molecular weight is 325 g/mol. The van der Waals surface area contributed by atoms with Crippen molar-refractivity contribution in [2.24, 2.45) is 0 Å². The second-order valence-electron chi connectivity index (χ2n) is 5.49. The molecule has 24 heavy (non-hydrogen) atoms. The number of rotatable bonds is 4. The molecule has 0 heterocycles. The summed E-state index contributed by atoms with van der Waals surface area (Å²) in [4.78, 5) is 0. The van der Waals surface area contributed by atoms with Gasteiger partial charge in [-0.05, 0) is 54.3 Å². The van der Waals surface area contributed by atoms with Crippen LogP contribution in [0.2, 0.25) is 0 Å². The van der Waals surface area contributed by atoms with Crippen molar-refractivity contribution in [3.8, 4) is 0 Å². The zero-order valence-electron chi connectivity index (χ0n) is 15.3. The molecule has 0 aromatic heterocycles. The fourth-order valence-corrected chi connectivity index (χ4v) is 2.44. The Hall–Kier alpha value is -2.35. The van der Waals surface area contributed by atoms with Crippen molar-refractivity contribution >= 4 is 11.3 Å². The predicted octanol–water partition coefficient (Wildman–Crippen LogP) is 6.51. The van der Waals surface area contributed by atoms with Crippen LogP contribution in [0, 0.1) is 12.7 Å². The lowest BCUT2D eigenvalue weighted by Gasteiger charge is -2.18. The van der Waals surface area contributed by atoms with E-state index >= 15 is 0 Å². The fraction of sp³-hybridized carbons (Fsp3) is 0.273. The summed E-state index contributed by atoms with van der Waals surface area (Å²) in [5.41, 5.74) is 11.2. The Morgan fingerprint density at radius 1 is 1.08 bits per heavy atom. The number of benzene rings is 2. The molecule has 2 rings (SSSR count). The summed E-state index contributed by atoms with van der Waals surface area (Å²) in [6.45, 7) is 10.1. The van der Waals surface area contributed by atoms with Gasteiger partial charge in [0.05, 0.1) is 0 Å². The number of nitrogen functional groups attached to an aromatic ring is 1. The van der Waals surface area contributed by atoms with Gasteiger partial charge in [-0.1, -0.05) is 63.3 Å². The molecule has 2 N–H and O–H groups in total. The van der Waals surface area contributed by atoms with Crippen LogP contribution in [-0.2, 0) is 0 Å². The molecule has 1 atom stereocenters. The SMILES string of the molecule is C/C=C\C=C(\c1ccc(C)c(N)c1)C(C)c1ccc(F)cc1.CC. The van der Waals surface area contributed by atoms with Gasteiger partial charge in [-0.15, -0.1) is 0 Å². The van der Waals surface area contributed by atoms with Crippen LogP contribution in [0.5, 0.6) is 0 Å². The number of hydrogen-bond donors (Lipinski definition) is 1. The summed E-state index contributed by atoms with van der Waals surface area (Å²) < 4.78 is 13.1. The minimum absolute atomic E-state index is 0.152. The molecule has 0 spiro atoms. The average Bonchev–Trinajstić information content (AvgIpc) is 2.60. The number of nitrogens with two attached hydrogens (primary N) is 1. The normalized spacial score (nSPS) is 12.7. The highest BCUT2D eigenvalue weighted by molar-refractivity contribution is 5.75. The number of allylic oxidation sites excluding steroid dienone is 4. The molecule has 0 amide bonds. The summed E-state index contributed by atoms with van der Waals surface area (Å²) in [5, 5.41) is 0. The van der Waals surface area contributed by atoms with Crippen molar-refractivity contribution in [3.63, 3.8) is 0 Å². The van der Waals surface area contributed by atoms with Crippen LogP contribution in [0.4, 0.5) is 10.1 Å². The van der Waals surface area contributed by atoms with E-state index in [2.05, 4.69) is 19.1 Å². The van der Waals surface area contributed by atoms with Crippen LogP contribution in [0.15, 0.2) is 60.7 Å². The third-order valence-electron chi connectivity index (χ3n) is 3.92. The topological polar surface area (TPSA) is 26.0 Å². The van der Waals surface area contributed by atoms with E-state index in [1.807, 2.05) is 64.1 Å². The molecule has 0 radical (unpaired) electrons. The maximum atomic E-state index is 13.1. The second-order valence-corrected chi connectivity index (χ2v) is 5.49. The molecule has 0 saturated carbocycles. The number of hydrogen-bond acceptors (Lipinski definition) is 1. The van der Waals surface area contributed by atoms with Crippen molar-refractivity contribution in [1.29, 1.82) is 0 Å². The molecule has 2 heteroatoms. The van der Waals surface area contributed by atoms with E-state index in [9.17, 15) is 4.39 Å². The van der Waals surface area contributed by atoms with E-state index in [0.717, 1.165) is 28.0 Å². The first-order valence-corrected chi connectivity index (χ1v) is 8.47. The third-order valence-corrected chi connectivity index (χ3v) is 3.92. The molecule has 2 aromatic carbocycles. The molecule has 0 aliphatic carbocycles. The summed E-state index contributed by atoms with van der Waals surface area (Å²) >= 11 is 0. The molecular weight excluding hydrogens is 297 g/mol. The predicted molar refractivity (Wildman–Crippen MR) is 105 cm³/mol. The summed E-state index contributed by atoms with van der Waals surface area (Å²) in [6, 6.07) is 12.8. The second kappa shape index (κ2) is 9.71. The number of aryl methyl sites for hydroxylation is 1. The highest BCUT2D eigenvalue weighted by atomic mass is 19.1. The molecule has 1 unspecified atom stereocenters. The van der Waals surface area contributed by atoms with Crippen LogP contribution >= 0.6 is 0 Å². The largest absolute Gasteiger partial charge is 0.398 e. The zero-order valence-corrected chi connectivity index (χ0v) is 15.3. The van der Waals surface area contributed by atoms with Crippen LogP contribution in [0.3, 0.4) is 0 Å².